The molecule has 1 amide bonds. The lowest BCUT2D eigenvalue weighted by atomic mass is 10.1. The minimum absolute atomic E-state index is 0.128. The second-order valence-electron chi connectivity index (χ2n) is 6.42. The first-order chi connectivity index (χ1) is 13.6. The molecule has 1 heterocycles. The van der Waals surface area contributed by atoms with E-state index in [9.17, 15) is 9.90 Å². The van der Waals surface area contributed by atoms with Crippen molar-refractivity contribution >= 4 is 23.8 Å². The number of benzene rings is 2. The first-order valence-corrected chi connectivity index (χ1v) is 9.47. The van der Waals surface area contributed by atoms with E-state index in [1.54, 1.807) is 0 Å². The summed E-state index contributed by atoms with van der Waals surface area (Å²) in [5.74, 6) is 0.338. The first-order valence-electron chi connectivity index (χ1n) is 9.06. The molecule has 3 aromatic rings. The van der Waals surface area contributed by atoms with Crippen LogP contribution in [0.25, 0.3) is 0 Å². The van der Waals surface area contributed by atoms with Gasteiger partial charge < -0.3 is 15.7 Å². The highest BCUT2D eigenvalue weighted by molar-refractivity contribution is 7.71. The minimum atomic E-state index is -0.512. The standard InChI is InChI=1S/C20H23N5O2S/c26-17(15-4-2-1-3-5-15)13-21-11-10-14-6-8-16(9-7-14)22-19(27)12-18-23-20(28)25-24-18/h1-9,17,21,26H,10-13H2,(H,22,27)(H2,23,24,25,28). The minimum Gasteiger partial charge on any atom is -0.387 e. The number of rotatable bonds is 9. The predicted octanol–water partition coefficient (Wildman–Crippen LogP) is 2.51. The van der Waals surface area contributed by atoms with Crippen LogP contribution < -0.4 is 10.6 Å². The molecular weight excluding hydrogens is 374 g/mol. The molecule has 0 bridgehead atoms. The third kappa shape index (κ3) is 6.12. The number of H-pyrrole nitrogens is 2. The summed E-state index contributed by atoms with van der Waals surface area (Å²) < 4.78 is 0.331. The van der Waals surface area contributed by atoms with Crippen molar-refractivity contribution in [2.24, 2.45) is 0 Å². The lowest BCUT2D eigenvalue weighted by molar-refractivity contribution is -0.115. The van der Waals surface area contributed by atoms with E-state index in [2.05, 4.69) is 25.8 Å². The quantitative estimate of drug-likeness (QED) is 0.282. The van der Waals surface area contributed by atoms with E-state index < -0.39 is 6.10 Å². The Morgan fingerprint density at radius 2 is 1.86 bits per heavy atom. The highest BCUT2D eigenvalue weighted by Gasteiger charge is 2.07. The Kier molecular flexibility index (Phi) is 7.07. The normalized spacial score (nSPS) is 11.9. The molecule has 146 valence electrons. The van der Waals surface area contributed by atoms with Gasteiger partial charge in [0.05, 0.1) is 12.5 Å². The summed E-state index contributed by atoms with van der Waals surface area (Å²) in [6.45, 7) is 1.27. The molecule has 1 atom stereocenters. The van der Waals surface area contributed by atoms with E-state index >= 15 is 0 Å². The predicted molar refractivity (Wildman–Crippen MR) is 111 cm³/mol. The van der Waals surface area contributed by atoms with Crippen molar-refractivity contribution in [1.29, 1.82) is 0 Å². The van der Waals surface area contributed by atoms with Gasteiger partial charge in [-0.2, -0.15) is 0 Å². The molecular formula is C20H23N5O2S. The van der Waals surface area contributed by atoms with Crippen LogP contribution in [0.1, 0.15) is 23.1 Å². The van der Waals surface area contributed by atoms with Crippen LogP contribution in [0.2, 0.25) is 0 Å². The van der Waals surface area contributed by atoms with Gasteiger partial charge in [-0.05, 0) is 48.4 Å². The van der Waals surface area contributed by atoms with Gasteiger partial charge in [-0.15, -0.1) is 0 Å². The first kappa shape index (κ1) is 19.9. The van der Waals surface area contributed by atoms with Gasteiger partial charge in [-0.3, -0.25) is 15.0 Å². The number of nitrogens with one attached hydrogen (secondary N) is 4. The van der Waals surface area contributed by atoms with Crippen molar-refractivity contribution < 1.29 is 9.90 Å². The molecule has 0 aliphatic rings. The second-order valence-corrected chi connectivity index (χ2v) is 6.80. The molecule has 0 aliphatic heterocycles. The van der Waals surface area contributed by atoms with E-state index in [0.717, 1.165) is 29.8 Å². The summed E-state index contributed by atoms with van der Waals surface area (Å²) >= 11 is 4.86. The molecule has 0 radical (unpaired) electrons. The van der Waals surface area contributed by atoms with Crippen molar-refractivity contribution in [3.8, 4) is 0 Å². The summed E-state index contributed by atoms with van der Waals surface area (Å²) in [6.07, 6.45) is 0.449. The fourth-order valence-corrected chi connectivity index (χ4v) is 2.93. The van der Waals surface area contributed by atoms with Gasteiger partial charge in [0.15, 0.2) is 0 Å². The Bertz CT molecular complexity index is 937. The van der Waals surface area contributed by atoms with Crippen LogP contribution >= 0.6 is 12.2 Å². The highest BCUT2D eigenvalue weighted by Crippen LogP contribution is 2.12. The van der Waals surface area contributed by atoms with Gasteiger partial charge in [-0.25, -0.2) is 4.98 Å². The van der Waals surface area contributed by atoms with E-state index in [4.69, 9.17) is 12.2 Å². The maximum atomic E-state index is 12.0. The molecule has 3 rings (SSSR count). The van der Waals surface area contributed by atoms with Crippen LogP contribution in [0, 0.1) is 4.77 Å². The zero-order valence-corrected chi connectivity index (χ0v) is 16.1. The van der Waals surface area contributed by atoms with Gasteiger partial charge in [0, 0.05) is 12.2 Å². The SMILES string of the molecule is O=C(Cc1nc(=S)[nH][nH]1)Nc1ccc(CCNCC(O)c2ccccc2)cc1. The summed E-state index contributed by atoms with van der Waals surface area (Å²) in [4.78, 5) is 16.0. The van der Waals surface area contributed by atoms with Crippen molar-refractivity contribution in [2.45, 2.75) is 18.9 Å². The van der Waals surface area contributed by atoms with Crippen molar-refractivity contribution in [1.82, 2.24) is 20.5 Å². The maximum Gasteiger partial charge on any atom is 0.232 e. The summed E-state index contributed by atoms with van der Waals surface area (Å²) in [5, 5.41) is 21.6. The molecule has 0 aliphatic carbocycles. The number of aromatic nitrogens is 3. The van der Waals surface area contributed by atoms with E-state index in [0.29, 0.717) is 17.1 Å². The molecule has 0 fully saturated rings. The van der Waals surface area contributed by atoms with Gasteiger partial charge in [-0.1, -0.05) is 42.5 Å². The van der Waals surface area contributed by atoms with Crippen LogP contribution in [0.4, 0.5) is 5.69 Å². The van der Waals surface area contributed by atoms with Crippen LogP contribution in [-0.4, -0.2) is 39.3 Å². The Hall–Kier alpha value is -2.81. The zero-order chi connectivity index (χ0) is 19.8. The molecule has 8 heteroatoms. The molecule has 0 spiro atoms. The fraction of sp³-hybridized carbons (Fsp3) is 0.250. The zero-order valence-electron chi connectivity index (χ0n) is 15.3. The van der Waals surface area contributed by atoms with E-state index in [1.165, 1.54) is 0 Å². The number of hydrogen-bond acceptors (Lipinski definition) is 5. The molecule has 28 heavy (non-hydrogen) atoms. The lowest BCUT2D eigenvalue weighted by Crippen LogP contribution is -2.23. The topological polar surface area (TPSA) is 106 Å². The Morgan fingerprint density at radius 1 is 1.11 bits per heavy atom. The summed E-state index contributed by atoms with van der Waals surface area (Å²) in [7, 11) is 0. The monoisotopic (exact) mass is 397 g/mol. The van der Waals surface area contributed by atoms with Crippen molar-refractivity contribution in [3.63, 3.8) is 0 Å². The number of amides is 1. The van der Waals surface area contributed by atoms with Gasteiger partial charge in [0.1, 0.15) is 5.82 Å². The number of nitrogens with zero attached hydrogens (tertiary/aromatic N) is 1. The lowest BCUT2D eigenvalue weighted by Gasteiger charge is -2.12. The third-order valence-electron chi connectivity index (χ3n) is 4.23. The van der Waals surface area contributed by atoms with Crippen LogP contribution in [0.15, 0.2) is 54.6 Å². The van der Waals surface area contributed by atoms with Gasteiger partial charge in [0.25, 0.3) is 0 Å². The number of hydrogen-bond donors (Lipinski definition) is 5. The Labute approximate surface area is 168 Å². The smallest absolute Gasteiger partial charge is 0.232 e. The number of carbonyl (C=O) groups excluding carboxylic acids is 1. The molecule has 0 saturated carbocycles. The van der Waals surface area contributed by atoms with Crippen LogP contribution in [0.3, 0.4) is 0 Å². The Balaban J connectivity index is 1.39. The van der Waals surface area contributed by atoms with Gasteiger partial charge in [0.2, 0.25) is 10.7 Å². The second kappa shape index (κ2) is 9.93. The average Bonchev–Trinajstić information content (AvgIpc) is 3.11. The summed E-state index contributed by atoms with van der Waals surface area (Å²) in [6, 6.07) is 17.3. The van der Waals surface area contributed by atoms with Crippen LogP contribution in [-0.2, 0) is 17.6 Å². The van der Waals surface area contributed by atoms with E-state index in [-0.39, 0.29) is 12.3 Å². The fourth-order valence-electron chi connectivity index (χ4n) is 2.76. The summed E-state index contributed by atoms with van der Waals surface area (Å²) in [5.41, 5.74) is 2.79. The molecule has 1 aromatic heterocycles. The van der Waals surface area contributed by atoms with Crippen molar-refractivity contribution in [2.75, 3.05) is 18.4 Å². The van der Waals surface area contributed by atoms with E-state index in [1.807, 2.05) is 54.6 Å². The number of anilines is 1. The molecule has 0 saturated heterocycles. The number of aliphatic hydroxyl groups is 1. The van der Waals surface area contributed by atoms with Crippen molar-refractivity contribution in [3.05, 3.63) is 76.3 Å². The Morgan fingerprint density at radius 3 is 2.54 bits per heavy atom. The number of carbonyl (C=O) groups is 1. The van der Waals surface area contributed by atoms with Gasteiger partial charge >= 0.3 is 0 Å². The van der Waals surface area contributed by atoms with Crippen LogP contribution in [0.5, 0.6) is 0 Å². The molecule has 2 aromatic carbocycles. The molecule has 5 N–H and O–H groups in total. The number of aliphatic hydroxyl groups excluding tert-OH is 1. The highest BCUT2D eigenvalue weighted by atomic mass is 32.1. The number of aromatic amines is 2. The largest absolute Gasteiger partial charge is 0.387 e. The average molecular weight is 398 g/mol. The third-order valence-corrected chi connectivity index (χ3v) is 4.42. The molecule has 7 nitrogen and oxygen atoms in total. The molecule has 1 unspecified atom stereocenters. The maximum absolute atomic E-state index is 12.0.